The topological polar surface area (TPSA) is 89.9 Å². The fourth-order valence-electron chi connectivity index (χ4n) is 1.49. The number of hydrogen-bond acceptors (Lipinski definition) is 5. The minimum atomic E-state index is -0.0484. The van der Waals surface area contributed by atoms with E-state index in [0.29, 0.717) is 29.9 Å². The number of aromatic nitrogens is 4. The third-order valence-electron chi connectivity index (χ3n) is 2.46. The minimum absolute atomic E-state index is 0.0484. The summed E-state index contributed by atoms with van der Waals surface area (Å²) in [5, 5.41) is 8.99. The van der Waals surface area contributed by atoms with E-state index in [1.165, 1.54) is 11.9 Å². The Morgan fingerprint density at radius 2 is 2.29 bits per heavy atom. The molecule has 0 aliphatic carbocycles. The maximum Gasteiger partial charge on any atom is 0.165 e. The molecule has 0 bridgehead atoms. The highest BCUT2D eigenvalue weighted by Gasteiger charge is 2.07. The van der Waals surface area contributed by atoms with E-state index in [9.17, 15) is 0 Å². The maximum absolute atomic E-state index is 8.99. The van der Waals surface area contributed by atoms with Crippen LogP contribution in [-0.2, 0) is 6.54 Å². The third-order valence-corrected chi connectivity index (χ3v) is 2.77. The van der Waals surface area contributed by atoms with E-state index in [1.807, 2.05) is 4.57 Å². The first-order valence-electron chi connectivity index (χ1n) is 5.06. The Kier molecular flexibility index (Phi) is 3.55. The molecule has 0 aliphatic heterocycles. The van der Waals surface area contributed by atoms with Crippen molar-refractivity contribution in [2.24, 2.45) is 0 Å². The highest BCUT2D eigenvalue weighted by atomic mass is 35.5. The van der Waals surface area contributed by atoms with Crippen LogP contribution in [0.5, 0.6) is 0 Å². The number of aliphatic hydroxyl groups excluding tert-OH is 1. The van der Waals surface area contributed by atoms with Crippen molar-refractivity contribution in [3.05, 3.63) is 23.8 Å². The highest BCUT2D eigenvalue weighted by Crippen LogP contribution is 2.15. The number of nitrogens with two attached hydrogens (primary N) is 1. The van der Waals surface area contributed by atoms with Gasteiger partial charge in [-0.25, -0.2) is 15.0 Å². The molecule has 2 rings (SSSR count). The fourth-order valence-corrected chi connectivity index (χ4v) is 1.67. The number of aryl methyl sites for hydroxylation is 1. The molecule has 0 radical (unpaired) electrons. The van der Waals surface area contributed by atoms with Crippen LogP contribution < -0.4 is 5.73 Å². The summed E-state index contributed by atoms with van der Waals surface area (Å²) >= 11 is 5.56. The van der Waals surface area contributed by atoms with Crippen molar-refractivity contribution in [3.8, 4) is 0 Å². The Hall–Kier alpha value is -1.66. The second-order valence-corrected chi connectivity index (χ2v) is 3.76. The predicted octanol–water partition coefficient (Wildman–Crippen LogP) is 0.914. The number of halogens is 1. The molecular weight excluding hydrogens is 242 g/mol. The molecule has 0 aromatic carbocycles. The van der Waals surface area contributed by atoms with Gasteiger partial charge in [0, 0.05) is 12.1 Å². The second kappa shape index (κ2) is 5.11. The van der Waals surface area contributed by atoms with Crippen molar-refractivity contribution < 1.29 is 5.11 Å². The first-order chi connectivity index (χ1) is 8.26. The van der Waals surface area contributed by atoms with Crippen LogP contribution in [-0.4, -0.2) is 31.2 Å². The van der Waals surface area contributed by atoms with Crippen LogP contribution in [0, 0.1) is 0 Å². The molecule has 0 unspecified atom stereocenters. The SMILES string of the molecule is Nc1ncnc2c1ncn2CC/C(=C\Cl)CO. The van der Waals surface area contributed by atoms with Crippen molar-refractivity contribution in [2.75, 3.05) is 12.3 Å². The molecule has 0 atom stereocenters. The lowest BCUT2D eigenvalue weighted by Crippen LogP contribution is -2.02. The summed E-state index contributed by atoms with van der Waals surface area (Å²) in [5.74, 6) is 0.365. The van der Waals surface area contributed by atoms with Gasteiger partial charge in [0.15, 0.2) is 11.5 Å². The quantitative estimate of drug-likeness (QED) is 0.845. The molecule has 2 aromatic rings. The van der Waals surface area contributed by atoms with E-state index >= 15 is 0 Å². The zero-order valence-corrected chi connectivity index (χ0v) is 9.80. The number of aliphatic hydroxyl groups is 1. The largest absolute Gasteiger partial charge is 0.392 e. The molecule has 0 fully saturated rings. The van der Waals surface area contributed by atoms with Crippen molar-refractivity contribution in [3.63, 3.8) is 0 Å². The molecule has 0 saturated heterocycles. The molecular formula is C10H12ClN5O. The van der Waals surface area contributed by atoms with Crippen LogP contribution in [0.1, 0.15) is 6.42 Å². The van der Waals surface area contributed by atoms with Crippen LogP contribution in [0.3, 0.4) is 0 Å². The molecule has 6 nitrogen and oxygen atoms in total. The molecule has 2 heterocycles. The highest BCUT2D eigenvalue weighted by molar-refractivity contribution is 6.25. The van der Waals surface area contributed by atoms with Gasteiger partial charge in [-0.2, -0.15) is 0 Å². The molecule has 0 amide bonds. The number of hydrogen-bond donors (Lipinski definition) is 2. The first kappa shape index (κ1) is 11.8. The van der Waals surface area contributed by atoms with Gasteiger partial charge in [0.1, 0.15) is 11.8 Å². The van der Waals surface area contributed by atoms with Gasteiger partial charge in [-0.05, 0) is 12.0 Å². The smallest absolute Gasteiger partial charge is 0.165 e. The van der Waals surface area contributed by atoms with E-state index in [0.717, 1.165) is 5.57 Å². The number of anilines is 1. The number of fused-ring (bicyclic) bond motifs is 1. The van der Waals surface area contributed by atoms with E-state index < -0.39 is 0 Å². The number of nitrogens with zero attached hydrogens (tertiary/aromatic N) is 4. The Balaban J connectivity index is 2.23. The van der Waals surface area contributed by atoms with E-state index in [2.05, 4.69) is 15.0 Å². The average Bonchev–Trinajstić information content (AvgIpc) is 2.75. The molecule has 3 N–H and O–H groups in total. The Morgan fingerprint density at radius 3 is 3.00 bits per heavy atom. The monoisotopic (exact) mass is 253 g/mol. The van der Waals surface area contributed by atoms with Crippen LogP contribution in [0.4, 0.5) is 5.82 Å². The summed E-state index contributed by atoms with van der Waals surface area (Å²) < 4.78 is 1.85. The molecule has 0 saturated carbocycles. The standard InChI is InChI=1S/C10H12ClN5O/c11-3-7(4-17)1-2-16-6-15-8-9(12)13-5-14-10(8)16/h3,5-6,17H,1-2,4H2,(H2,12,13,14)/b7-3+. The van der Waals surface area contributed by atoms with Crippen LogP contribution >= 0.6 is 11.6 Å². The number of imidazole rings is 1. The lowest BCUT2D eigenvalue weighted by molar-refractivity contribution is 0.325. The second-order valence-electron chi connectivity index (χ2n) is 3.54. The summed E-state index contributed by atoms with van der Waals surface area (Å²) in [5.41, 5.74) is 9.10. The Morgan fingerprint density at radius 1 is 1.47 bits per heavy atom. The molecule has 7 heteroatoms. The summed E-state index contributed by atoms with van der Waals surface area (Å²) in [4.78, 5) is 12.1. The lowest BCUT2D eigenvalue weighted by Gasteiger charge is -2.04. The van der Waals surface area contributed by atoms with Gasteiger partial charge < -0.3 is 15.4 Å². The third kappa shape index (κ3) is 2.37. The number of rotatable bonds is 4. The van der Waals surface area contributed by atoms with E-state index in [1.54, 1.807) is 6.33 Å². The number of nitrogen functional groups attached to an aromatic ring is 1. The van der Waals surface area contributed by atoms with Gasteiger partial charge in [0.25, 0.3) is 0 Å². The van der Waals surface area contributed by atoms with Gasteiger partial charge in [0.2, 0.25) is 0 Å². The van der Waals surface area contributed by atoms with Crippen molar-refractivity contribution in [2.45, 2.75) is 13.0 Å². The van der Waals surface area contributed by atoms with Crippen molar-refractivity contribution in [1.82, 2.24) is 19.5 Å². The van der Waals surface area contributed by atoms with Gasteiger partial charge in [-0.3, -0.25) is 0 Å². The van der Waals surface area contributed by atoms with Crippen molar-refractivity contribution >= 4 is 28.6 Å². The van der Waals surface area contributed by atoms with Gasteiger partial charge in [0.05, 0.1) is 12.9 Å². The minimum Gasteiger partial charge on any atom is -0.392 e. The Bertz CT molecular complexity index is 551. The fraction of sp³-hybridized carbons (Fsp3) is 0.300. The van der Waals surface area contributed by atoms with E-state index in [4.69, 9.17) is 22.4 Å². The Labute approximate surface area is 103 Å². The molecule has 0 spiro atoms. The average molecular weight is 254 g/mol. The summed E-state index contributed by atoms with van der Waals surface area (Å²) in [6, 6.07) is 0. The van der Waals surface area contributed by atoms with Crippen LogP contribution in [0.15, 0.2) is 23.8 Å². The predicted molar refractivity (Wildman–Crippen MR) is 65.4 cm³/mol. The van der Waals surface area contributed by atoms with Crippen LogP contribution in [0.2, 0.25) is 0 Å². The van der Waals surface area contributed by atoms with E-state index in [-0.39, 0.29) is 6.61 Å². The lowest BCUT2D eigenvalue weighted by atomic mass is 10.2. The first-order valence-corrected chi connectivity index (χ1v) is 5.50. The molecule has 90 valence electrons. The zero-order chi connectivity index (χ0) is 12.3. The summed E-state index contributed by atoms with van der Waals surface area (Å²) in [7, 11) is 0. The molecule has 2 aromatic heterocycles. The van der Waals surface area contributed by atoms with Gasteiger partial charge in [-0.1, -0.05) is 11.6 Å². The van der Waals surface area contributed by atoms with Gasteiger partial charge in [-0.15, -0.1) is 0 Å². The molecule has 0 aliphatic rings. The summed E-state index contributed by atoms with van der Waals surface area (Å²) in [6.07, 6.45) is 3.69. The van der Waals surface area contributed by atoms with Gasteiger partial charge >= 0.3 is 0 Å². The normalized spacial score (nSPS) is 12.2. The maximum atomic E-state index is 8.99. The van der Waals surface area contributed by atoms with Crippen molar-refractivity contribution in [1.29, 1.82) is 0 Å². The molecule has 17 heavy (non-hydrogen) atoms. The van der Waals surface area contributed by atoms with Crippen LogP contribution in [0.25, 0.3) is 11.2 Å². The summed E-state index contributed by atoms with van der Waals surface area (Å²) in [6.45, 7) is 0.583. The zero-order valence-electron chi connectivity index (χ0n) is 9.04.